The Bertz CT molecular complexity index is 871. The highest BCUT2D eigenvalue weighted by Crippen LogP contribution is 2.67. The Kier molecular flexibility index (Phi) is 10.1. The van der Waals surface area contributed by atoms with Gasteiger partial charge in [-0.25, -0.2) is 0 Å². The van der Waals surface area contributed by atoms with Gasteiger partial charge in [0.15, 0.2) is 0 Å². The van der Waals surface area contributed by atoms with Crippen molar-refractivity contribution in [2.24, 2.45) is 11.8 Å². The third kappa shape index (κ3) is 7.94. The van der Waals surface area contributed by atoms with Crippen LogP contribution in [-0.4, -0.2) is 32.9 Å². The van der Waals surface area contributed by atoms with Gasteiger partial charge in [-0.2, -0.15) is 0 Å². The first-order chi connectivity index (χ1) is 17.4. The molecule has 0 saturated heterocycles. The summed E-state index contributed by atoms with van der Waals surface area (Å²) in [6.07, 6.45) is 5.39. The maximum atomic E-state index is 2.52. The number of hydrogen-bond donors (Lipinski definition) is 0. The lowest BCUT2D eigenvalue weighted by atomic mass is 9.64. The zero-order valence-electron chi connectivity index (χ0n) is 26.8. The van der Waals surface area contributed by atoms with Crippen molar-refractivity contribution >= 4 is 15.8 Å². The summed E-state index contributed by atoms with van der Waals surface area (Å²) in [4.78, 5) is 0. The molecule has 38 heavy (non-hydrogen) atoms. The molecule has 0 aliphatic heterocycles. The molecule has 2 aromatic carbocycles. The van der Waals surface area contributed by atoms with Crippen LogP contribution in [0.4, 0.5) is 0 Å². The van der Waals surface area contributed by atoms with Crippen LogP contribution in [0.2, 0.25) is 0 Å². The maximum absolute atomic E-state index is 2.52. The number of rotatable bonds is 6. The molecule has 0 aromatic heterocycles. The van der Waals surface area contributed by atoms with E-state index < -0.39 is 0 Å². The largest absolute Gasteiger partial charge is 0.0953 e. The summed E-state index contributed by atoms with van der Waals surface area (Å²) in [6.45, 7) is 30.2. The van der Waals surface area contributed by atoms with Gasteiger partial charge in [0.25, 0.3) is 0 Å². The normalized spacial score (nSPS) is 23.7. The van der Waals surface area contributed by atoms with Gasteiger partial charge in [0.1, 0.15) is 0 Å². The van der Waals surface area contributed by atoms with E-state index in [0.717, 1.165) is 11.8 Å². The first-order valence-electron chi connectivity index (χ1n) is 15.1. The van der Waals surface area contributed by atoms with Crippen LogP contribution in [0.3, 0.4) is 0 Å². The Morgan fingerprint density at radius 3 is 0.974 bits per heavy atom. The molecule has 0 radical (unpaired) electrons. The molecule has 2 aromatic rings. The van der Waals surface area contributed by atoms with Crippen LogP contribution in [0, 0.1) is 11.8 Å². The average molecular weight is 553 g/mol. The molecule has 0 heterocycles. The molecule has 3 rings (SSSR count). The maximum Gasteiger partial charge on any atom is -0.0127 e. The molecule has 0 bridgehead atoms. The summed E-state index contributed by atoms with van der Waals surface area (Å²) in [7, 11) is -0.342. The van der Waals surface area contributed by atoms with Gasteiger partial charge in [-0.15, -0.1) is 0 Å². The van der Waals surface area contributed by atoms with Gasteiger partial charge in [0.05, 0.1) is 0 Å². The Balaban J connectivity index is 2.19. The first kappa shape index (κ1) is 31.8. The molecular weight excluding hydrogens is 494 g/mol. The van der Waals surface area contributed by atoms with E-state index in [-0.39, 0.29) is 15.8 Å². The smallest absolute Gasteiger partial charge is 0.0127 e. The molecule has 1 saturated carbocycles. The minimum atomic E-state index is -0.171. The van der Waals surface area contributed by atoms with Gasteiger partial charge in [-0.05, 0) is 80.6 Å². The Labute approximate surface area is 239 Å². The van der Waals surface area contributed by atoms with Crippen LogP contribution in [0.15, 0.2) is 60.7 Å². The fourth-order valence-corrected chi connectivity index (χ4v) is 15.8. The zero-order valence-corrected chi connectivity index (χ0v) is 28.6. The van der Waals surface area contributed by atoms with Crippen LogP contribution in [0.5, 0.6) is 0 Å². The van der Waals surface area contributed by atoms with Crippen LogP contribution < -0.4 is 0 Å². The van der Waals surface area contributed by atoms with Gasteiger partial charge in [0.2, 0.25) is 0 Å². The van der Waals surface area contributed by atoms with Crippen molar-refractivity contribution in [3.8, 4) is 0 Å². The van der Waals surface area contributed by atoms with E-state index in [9.17, 15) is 0 Å². The SMILES string of the molecule is CC(C)(C)P(CC1C(c2ccccc2)CCC(c2ccccc2)C1CP(C(C)(C)C)C(C)(C)C)C(C)(C)C. The Morgan fingerprint density at radius 2 is 0.737 bits per heavy atom. The van der Waals surface area contributed by atoms with Crippen molar-refractivity contribution in [1.82, 2.24) is 0 Å². The fraction of sp³-hybridized carbons (Fsp3) is 0.667. The van der Waals surface area contributed by atoms with E-state index in [1.807, 2.05) is 0 Å². The molecular formula is C36H58P2. The van der Waals surface area contributed by atoms with E-state index in [4.69, 9.17) is 0 Å². The summed E-state index contributed by atoms with van der Waals surface area (Å²) in [5.74, 6) is 2.76. The molecule has 2 heteroatoms. The van der Waals surface area contributed by atoms with E-state index in [0.29, 0.717) is 32.5 Å². The van der Waals surface area contributed by atoms with Gasteiger partial charge < -0.3 is 0 Å². The van der Waals surface area contributed by atoms with Crippen LogP contribution in [-0.2, 0) is 0 Å². The predicted octanol–water partition coefficient (Wildman–Crippen LogP) is 11.7. The topological polar surface area (TPSA) is 0 Å². The molecule has 1 aliphatic carbocycles. The van der Waals surface area contributed by atoms with E-state index >= 15 is 0 Å². The van der Waals surface area contributed by atoms with Crippen molar-refractivity contribution in [2.45, 2.75) is 128 Å². The first-order valence-corrected chi connectivity index (χ1v) is 18.1. The second-order valence-electron chi connectivity index (χ2n) is 15.8. The van der Waals surface area contributed by atoms with Crippen LogP contribution >= 0.6 is 15.8 Å². The number of hydrogen-bond acceptors (Lipinski definition) is 0. The highest BCUT2D eigenvalue weighted by molar-refractivity contribution is 7.61. The zero-order chi connectivity index (χ0) is 28.5. The molecule has 4 atom stereocenters. The minimum absolute atomic E-state index is 0.171. The third-order valence-corrected chi connectivity index (χ3v) is 16.9. The monoisotopic (exact) mass is 552 g/mol. The highest BCUT2D eigenvalue weighted by Gasteiger charge is 2.47. The van der Waals surface area contributed by atoms with Crippen LogP contribution in [0.1, 0.15) is 119 Å². The standard InChI is InChI=1S/C36H58P2/c1-33(2,3)37(34(4,5)6)25-31-29(27-19-15-13-16-20-27)23-24-30(28-21-17-14-18-22-28)32(31)26-38(35(7,8)9)36(10,11)12/h13-22,29-32H,23-26H2,1-12H3. The summed E-state index contributed by atoms with van der Waals surface area (Å²) < 4.78 is 0. The lowest BCUT2D eigenvalue weighted by Gasteiger charge is -2.52. The Morgan fingerprint density at radius 1 is 0.474 bits per heavy atom. The van der Waals surface area contributed by atoms with Crippen molar-refractivity contribution < 1.29 is 0 Å². The van der Waals surface area contributed by atoms with E-state index in [1.54, 1.807) is 11.1 Å². The molecule has 0 N–H and O–H groups in total. The molecule has 212 valence electrons. The van der Waals surface area contributed by atoms with Crippen LogP contribution in [0.25, 0.3) is 0 Å². The van der Waals surface area contributed by atoms with Gasteiger partial charge in [-0.1, -0.05) is 160 Å². The van der Waals surface area contributed by atoms with Crippen molar-refractivity contribution in [2.75, 3.05) is 12.3 Å². The second-order valence-corrected chi connectivity index (χ2v) is 23.7. The molecule has 1 aliphatic rings. The predicted molar refractivity (Wildman–Crippen MR) is 177 cm³/mol. The second kappa shape index (κ2) is 12.0. The lowest BCUT2D eigenvalue weighted by Crippen LogP contribution is -2.41. The minimum Gasteiger partial charge on any atom is -0.0953 e. The van der Waals surface area contributed by atoms with Crippen molar-refractivity contribution in [1.29, 1.82) is 0 Å². The molecule has 0 spiro atoms. The van der Waals surface area contributed by atoms with E-state index in [2.05, 4.69) is 144 Å². The average Bonchev–Trinajstić information content (AvgIpc) is 2.79. The van der Waals surface area contributed by atoms with Gasteiger partial charge >= 0.3 is 0 Å². The third-order valence-electron chi connectivity index (χ3n) is 8.85. The quantitative estimate of drug-likeness (QED) is 0.313. The van der Waals surface area contributed by atoms with Gasteiger partial charge in [0, 0.05) is 0 Å². The molecule has 1 fully saturated rings. The summed E-state index contributed by atoms with van der Waals surface area (Å²) >= 11 is 0. The highest BCUT2D eigenvalue weighted by atomic mass is 31.1. The lowest BCUT2D eigenvalue weighted by molar-refractivity contribution is 0.209. The Hall–Kier alpha value is -0.700. The molecule has 0 nitrogen and oxygen atoms in total. The summed E-state index contributed by atoms with van der Waals surface area (Å²) in [5.41, 5.74) is 3.17. The van der Waals surface area contributed by atoms with E-state index in [1.165, 1.54) is 25.2 Å². The summed E-state index contributed by atoms with van der Waals surface area (Å²) in [5, 5.41) is 1.38. The molecule has 0 amide bonds. The van der Waals surface area contributed by atoms with Crippen molar-refractivity contribution in [3.63, 3.8) is 0 Å². The van der Waals surface area contributed by atoms with Crippen molar-refractivity contribution in [3.05, 3.63) is 71.8 Å². The number of benzene rings is 2. The summed E-state index contributed by atoms with van der Waals surface area (Å²) in [6, 6.07) is 23.2. The molecule has 4 unspecified atom stereocenters. The fourth-order valence-electron chi connectivity index (χ4n) is 7.67. The van der Waals surface area contributed by atoms with Gasteiger partial charge in [-0.3, -0.25) is 0 Å².